The van der Waals surface area contributed by atoms with Crippen LogP contribution in [-0.4, -0.2) is 47.4 Å². The third-order valence-electron chi connectivity index (χ3n) is 6.23. The van der Waals surface area contributed by atoms with Crippen molar-refractivity contribution in [3.63, 3.8) is 0 Å². The molecule has 0 radical (unpaired) electrons. The molecule has 0 fully saturated rings. The van der Waals surface area contributed by atoms with Crippen LogP contribution < -0.4 is 0 Å². The highest BCUT2D eigenvalue weighted by molar-refractivity contribution is 7.81. The first-order valence-electron chi connectivity index (χ1n) is 14.4. The van der Waals surface area contributed by atoms with Gasteiger partial charge in [0.1, 0.15) is 0 Å². The number of hydrogen-bond donors (Lipinski definition) is 4. The van der Waals surface area contributed by atoms with Gasteiger partial charge in [-0.1, -0.05) is 39.8 Å². The molecule has 0 heterocycles. The van der Waals surface area contributed by atoms with E-state index in [4.69, 9.17) is 18.9 Å². The molecule has 2 aromatic rings. The van der Waals surface area contributed by atoms with E-state index in [1.54, 1.807) is 0 Å². The fourth-order valence-corrected chi connectivity index (χ4v) is 4.39. The van der Waals surface area contributed by atoms with E-state index in [-0.39, 0.29) is 0 Å². The van der Waals surface area contributed by atoms with Gasteiger partial charge in [0.15, 0.2) is 0 Å². The van der Waals surface area contributed by atoms with E-state index in [9.17, 15) is 0 Å². The highest BCUT2D eigenvalue weighted by Gasteiger charge is 2.10. The molecular formula is C32H50O4S4. The maximum atomic E-state index is 6.00. The van der Waals surface area contributed by atoms with Crippen LogP contribution in [0.1, 0.15) is 75.6 Å². The number of benzene rings is 2. The molecular weight excluding hydrogens is 577 g/mol. The molecule has 0 aromatic heterocycles. The lowest BCUT2D eigenvalue weighted by atomic mass is 9.96. The van der Waals surface area contributed by atoms with E-state index >= 15 is 0 Å². The fraction of sp³-hybridized carbons (Fsp3) is 0.625. The molecule has 226 valence electrons. The quantitative estimate of drug-likeness (QED) is 0.0832. The smallest absolute Gasteiger partial charge is 0.0717 e. The predicted molar refractivity (Wildman–Crippen MR) is 183 cm³/mol. The van der Waals surface area contributed by atoms with Gasteiger partial charge >= 0.3 is 0 Å². The van der Waals surface area contributed by atoms with Crippen molar-refractivity contribution in [1.82, 2.24) is 0 Å². The third kappa shape index (κ3) is 16.4. The SMILES string of the molecule is CC(S)CCOCc1cc(COCCC(C)S)cc(-c2cc(COCCC(C)S)cc(COCCC(C)S)c2)c1. The minimum atomic E-state index is 0.321. The number of ether oxygens (including phenoxy) is 4. The number of thiol groups is 4. The Balaban J connectivity index is 2.29. The van der Waals surface area contributed by atoms with E-state index < -0.39 is 0 Å². The summed E-state index contributed by atoms with van der Waals surface area (Å²) in [6, 6.07) is 13.3. The van der Waals surface area contributed by atoms with Gasteiger partial charge in [0.05, 0.1) is 26.4 Å². The molecule has 40 heavy (non-hydrogen) atoms. The molecule has 0 amide bonds. The summed E-state index contributed by atoms with van der Waals surface area (Å²) < 4.78 is 24.0. The van der Waals surface area contributed by atoms with Crippen LogP contribution in [0, 0.1) is 0 Å². The predicted octanol–water partition coefficient (Wildman–Crippen LogP) is 8.25. The van der Waals surface area contributed by atoms with E-state index in [1.807, 2.05) is 0 Å². The summed E-state index contributed by atoms with van der Waals surface area (Å²) in [5.41, 5.74) is 6.82. The lowest BCUT2D eigenvalue weighted by molar-refractivity contribution is 0.115. The Morgan fingerprint density at radius 3 is 0.850 bits per heavy atom. The molecule has 0 aliphatic rings. The molecule has 0 bridgehead atoms. The fourth-order valence-electron chi connectivity index (χ4n) is 3.97. The molecule has 2 rings (SSSR count). The van der Waals surface area contributed by atoms with Crippen molar-refractivity contribution in [2.24, 2.45) is 0 Å². The zero-order valence-corrected chi connectivity index (χ0v) is 28.3. The molecule has 0 saturated carbocycles. The first-order valence-corrected chi connectivity index (χ1v) is 16.5. The third-order valence-corrected chi connectivity index (χ3v) is 7.27. The van der Waals surface area contributed by atoms with Gasteiger partial charge in [-0.3, -0.25) is 0 Å². The zero-order chi connectivity index (χ0) is 29.3. The Morgan fingerprint density at radius 1 is 0.425 bits per heavy atom. The normalized spacial score (nSPS) is 14.7. The molecule has 0 aliphatic heterocycles. The summed E-state index contributed by atoms with van der Waals surface area (Å²) in [5.74, 6) is 0. The molecule has 0 N–H and O–H groups in total. The van der Waals surface area contributed by atoms with Gasteiger partial charge in [0.25, 0.3) is 0 Å². The minimum Gasteiger partial charge on any atom is -0.377 e. The molecule has 0 aliphatic carbocycles. The monoisotopic (exact) mass is 626 g/mol. The molecule has 8 heteroatoms. The van der Waals surface area contributed by atoms with Crippen molar-refractivity contribution in [3.8, 4) is 11.1 Å². The molecule has 4 atom stereocenters. The van der Waals surface area contributed by atoms with Crippen LogP contribution in [0.5, 0.6) is 0 Å². The Labute approximate surface area is 265 Å². The summed E-state index contributed by atoms with van der Waals surface area (Å²) in [5, 5.41) is 1.29. The van der Waals surface area contributed by atoms with Crippen LogP contribution in [0.2, 0.25) is 0 Å². The topological polar surface area (TPSA) is 36.9 Å². The van der Waals surface area contributed by atoms with E-state index in [2.05, 4.69) is 115 Å². The van der Waals surface area contributed by atoms with Crippen LogP contribution in [-0.2, 0) is 45.4 Å². The van der Waals surface area contributed by atoms with Gasteiger partial charge in [-0.2, -0.15) is 50.5 Å². The molecule has 0 spiro atoms. The Bertz CT molecular complexity index is 820. The zero-order valence-electron chi connectivity index (χ0n) is 24.7. The summed E-state index contributed by atoms with van der Waals surface area (Å²) in [6.07, 6.45) is 3.68. The first kappa shape index (κ1) is 35.9. The van der Waals surface area contributed by atoms with Gasteiger partial charge in [-0.05, 0) is 83.3 Å². The van der Waals surface area contributed by atoms with Crippen LogP contribution in [0.25, 0.3) is 11.1 Å². The van der Waals surface area contributed by atoms with E-state index in [0.29, 0.717) is 73.9 Å². The van der Waals surface area contributed by atoms with E-state index in [0.717, 1.165) is 59.1 Å². The Hall–Kier alpha value is -0.320. The second kappa shape index (κ2) is 20.6. The van der Waals surface area contributed by atoms with Gasteiger partial charge < -0.3 is 18.9 Å². The molecule has 4 unspecified atom stereocenters. The van der Waals surface area contributed by atoms with Gasteiger partial charge in [0, 0.05) is 47.4 Å². The average Bonchev–Trinajstić information content (AvgIpc) is 2.89. The number of rotatable bonds is 21. The summed E-state index contributed by atoms with van der Waals surface area (Å²) in [4.78, 5) is 0. The van der Waals surface area contributed by atoms with Crippen molar-refractivity contribution in [2.45, 2.75) is 101 Å². The van der Waals surface area contributed by atoms with E-state index in [1.165, 1.54) is 0 Å². The van der Waals surface area contributed by atoms with Crippen LogP contribution in [0.3, 0.4) is 0 Å². The second-order valence-electron chi connectivity index (χ2n) is 10.8. The van der Waals surface area contributed by atoms with Crippen LogP contribution >= 0.6 is 50.5 Å². The lowest BCUT2D eigenvalue weighted by Gasteiger charge is -2.15. The van der Waals surface area contributed by atoms with Crippen molar-refractivity contribution in [3.05, 3.63) is 58.7 Å². The highest BCUT2D eigenvalue weighted by Crippen LogP contribution is 2.27. The van der Waals surface area contributed by atoms with Gasteiger partial charge in [0.2, 0.25) is 0 Å². The lowest BCUT2D eigenvalue weighted by Crippen LogP contribution is -2.04. The van der Waals surface area contributed by atoms with Crippen molar-refractivity contribution in [1.29, 1.82) is 0 Å². The standard InChI is InChI=1S/C32H50O4S4/c1-23(37)5-9-33-19-27-13-28(20-34-10-6-24(2)38)16-31(15-27)32-17-29(21-35-11-7-25(3)39)14-30(18-32)22-36-12-8-26(4)40/h13-18,23-26,37-40H,5-12,19-22H2,1-4H3. The Morgan fingerprint density at radius 2 is 0.650 bits per heavy atom. The first-order chi connectivity index (χ1) is 19.1. The molecule has 0 saturated heterocycles. The highest BCUT2D eigenvalue weighted by atomic mass is 32.1. The Kier molecular flexibility index (Phi) is 18.4. The molecule has 4 nitrogen and oxygen atoms in total. The second-order valence-corrected chi connectivity index (χ2v) is 14.4. The average molecular weight is 627 g/mol. The van der Waals surface area contributed by atoms with Crippen LogP contribution in [0.15, 0.2) is 36.4 Å². The minimum absolute atomic E-state index is 0.321. The maximum Gasteiger partial charge on any atom is 0.0717 e. The van der Waals surface area contributed by atoms with Crippen LogP contribution in [0.4, 0.5) is 0 Å². The summed E-state index contributed by atoms with van der Waals surface area (Å²) >= 11 is 17.9. The summed E-state index contributed by atoms with van der Waals surface area (Å²) in [7, 11) is 0. The van der Waals surface area contributed by atoms with Crippen molar-refractivity contribution >= 4 is 50.5 Å². The van der Waals surface area contributed by atoms with Crippen molar-refractivity contribution in [2.75, 3.05) is 26.4 Å². The van der Waals surface area contributed by atoms with Gasteiger partial charge in [-0.25, -0.2) is 0 Å². The number of hydrogen-bond acceptors (Lipinski definition) is 8. The maximum absolute atomic E-state index is 6.00. The largest absolute Gasteiger partial charge is 0.377 e. The molecule has 2 aromatic carbocycles. The van der Waals surface area contributed by atoms with Gasteiger partial charge in [-0.15, -0.1) is 0 Å². The summed E-state index contributed by atoms with van der Waals surface area (Å²) in [6.45, 7) is 13.3. The van der Waals surface area contributed by atoms with Crippen molar-refractivity contribution < 1.29 is 18.9 Å².